The fourth-order valence-electron chi connectivity index (χ4n) is 3.30. The minimum Gasteiger partial charge on any atom is -0.492 e. The predicted molar refractivity (Wildman–Crippen MR) is 87.2 cm³/mol. The summed E-state index contributed by atoms with van der Waals surface area (Å²) in [5.74, 6) is 2.17. The lowest BCUT2D eigenvalue weighted by atomic mass is 9.77. The highest BCUT2D eigenvalue weighted by atomic mass is 35.5. The number of hydrogen-bond donors (Lipinski definition) is 0. The molecule has 0 amide bonds. The zero-order valence-corrected chi connectivity index (χ0v) is 13.9. The summed E-state index contributed by atoms with van der Waals surface area (Å²) in [6.45, 7) is 4.83. The molecule has 0 atom stereocenters. The van der Waals surface area contributed by atoms with E-state index < -0.39 is 0 Å². The molecule has 0 saturated heterocycles. The monoisotopic (exact) mass is 314 g/mol. The quantitative estimate of drug-likeness (QED) is 0.605. The first kappa shape index (κ1) is 16.0. The van der Waals surface area contributed by atoms with Crippen molar-refractivity contribution in [3.8, 4) is 5.75 Å². The van der Waals surface area contributed by atoms with Crippen LogP contribution in [-0.2, 0) is 0 Å². The third kappa shape index (κ3) is 3.62. The summed E-state index contributed by atoms with van der Waals surface area (Å²) >= 11 is 12.8. The second-order valence-electron chi connectivity index (χ2n) is 5.72. The van der Waals surface area contributed by atoms with Crippen molar-refractivity contribution in [1.29, 1.82) is 0 Å². The van der Waals surface area contributed by atoms with Gasteiger partial charge < -0.3 is 4.74 Å². The van der Waals surface area contributed by atoms with Gasteiger partial charge in [-0.3, -0.25) is 0 Å². The fraction of sp³-hybridized carbons (Fsp3) is 0.647. The topological polar surface area (TPSA) is 9.23 Å². The zero-order valence-electron chi connectivity index (χ0n) is 12.4. The van der Waals surface area contributed by atoms with Crippen molar-refractivity contribution in [2.45, 2.75) is 58.3 Å². The molecule has 112 valence electrons. The van der Waals surface area contributed by atoms with Gasteiger partial charge in [0, 0.05) is 0 Å². The lowest BCUT2D eigenvalue weighted by Crippen LogP contribution is -2.13. The average Bonchev–Trinajstić information content (AvgIpc) is 2.46. The molecule has 0 heterocycles. The van der Waals surface area contributed by atoms with Gasteiger partial charge >= 0.3 is 0 Å². The first-order chi connectivity index (χ1) is 9.67. The molecule has 1 fully saturated rings. The van der Waals surface area contributed by atoms with Gasteiger partial charge in [-0.05, 0) is 56.1 Å². The Kier molecular flexibility index (Phi) is 6.04. The van der Waals surface area contributed by atoms with E-state index in [0.29, 0.717) is 28.3 Å². The number of halogens is 2. The van der Waals surface area contributed by atoms with Crippen LogP contribution in [0.4, 0.5) is 0 Å². The lowest BCUT2D eigenvalue weighted by molar-refractivity contribution is 0.308. The van der Waals surface area contributed by atoms with Crippen molar-refractivity contribution in [2.75, 3.05) is 6.61 Å². The number of rotatable bonds is 5. The standard InChI is InChI=1S/C17H24Cl2O/c1-3-5-12-6-8-13(9-7-12)14-10-11-15(20-4-2)17(19)16(14)18/h10-13H,3-9H2,1-2H3. The molecule has 1 saturated carbocycles. The van der Waals surface area contributed by atoms with Crippen molar-refractivity contribution in [3.05, 3.63) is 27.7 Å². The second-order valence-corrected chi connectivity index (χ2v) is 6.48. The Morgan fingerprint density at radius 2 is 1.75 bits per heavy atom. The third-order valence-corrected chi connectivity index (χ3v) is 5.24. The van der Waals surface area contributed by atoms with Crippen molar-refractivity contribution >= 4 is 23.2 Å². The van der Waals surface area contributed by atoms with Crippen LogP contribution in [0.15, 0.2) is 12.1 Å². The number of hydrogen-bond acceptors (Lipinski definition) is 1. The maximum atomic E-state index is 6.45. The first-order valence-corrected chi connectivity index (χ1v) is 8.53. The number of ether oxygens (including phenoxy) is 1. The minimum absolute atomic E-state index is 0.559. The van der Waals surface area contributed by atoms with Gasteiger partial charge in [-0.25, -0.2) is 0 Å². The summed E-state index contributed by atoms with van der Waals surface area (Å²) < 4.78 is 5.49. The zero-order chi connectivity index (χ0) is 14.5. The van der Waals surface area contributed by atoms with Gasteiger partial charge in [0.05, 0.1) is 11.6 Å². The van der Waals surface area contributed by atoms with Gasteiger partial charge in [0.2, 0.25) is 0 Å². The van der Waals surface area contributed by atoms with Crippen LogP contribution < -0.4 is 4.74 Å². The molecule has 20 heavy (non-hydrogen) atoms. The molecule has 0 unspecified atom stereocenters. The molecular formula is C17H24Cl2O. The second kappa shape index (κ2) is 7.56. The molecule has 0 aromatic heterocycles. The maximum Gasteiger partial charge on any atom is 0.139 e. The molecule has 2 rings (SSSR count). The molecule has 1 nitrogen and oxygen atoms in total. The van der Waals surface area contributed by atoms with Crippen LogP contribution in [0.25, 0.3) is 0 Å². The fourth-order valence-corrected chi connectivity index (χ4v) is 3.84. The molecule has 1 aromatic rings. The van der Waals surface area contributed by atoms with Crippen LogP contribution in [0.5, 0.6) is 5.75 Å². The molecule has 3 heteroatoms. The smallest absolute Gasteiger partial charge is 0.139 e. The summed E-state index contributed by atoms with van der Waals surface area (Å²) in [5.41, 5.74) is 1.20. The van der Waals surface area contributed by atoms with E-state index >= 15 is 0 Å². The van der Waals surface area contributed by atoms with E-state index in [1.54, 1.807) is 0 Å². The summed E-state index contributed by atoms with van der Waals surface area (Å²) in [7, 11) is 0. The van der Waals surface area contributed by atoms with Crippen LogP contribution in [0.3, 0.4) is 0 Å². The summed E-state index contributed by atoms with van der Waals surface area (Å²) in [6.07, 6.45) is 7.76. The summed E-state index contributed by atoms with van der Waals surface area (Å²) in [4.78, 5) is 0. The van der Waals surface area contributed by atoms with Crippen LogP contribution in [0.2, 0.25) is 10.0 Å². The molecule has 0 aliphatic heterocycles. The summed E-state index contributed by atoms with van der Waals surface area (Å²) in [6, 6.07) is 4.06. The Bertz CT molecular complexity index is 437. The molecule has 0 bridgehead atoms. The SMILES string of the molecule is CCCC1CCC(c2ccc(OCC)c(Cl)c2Cl)CC1. The Morgan fingerprint density at radius 3 is 2.35 bits per heavy atom. The Balaban J connectivity index is 2.08. The van der Waals surface area contributed by atoms with Crippen molar-refractivity contribution in [1.82, 2.24) is 0 Å². The normalized spacial score (nSPS) is 22.8. The average molecular weight is 315 g/mol. The van der Waals surface area contributed by atoms with Crippen LogP contribution in [-0.4, -0.2) is 6.61 Å². The first-order valence-electron chi connectivity index (χ1n) is 7.78. The van der Waals surface area contributed by atoms with Gasteiger partial charge in [-0.2, -0.15) is 0 Å². The molecule has 0 spiro atoms. The molecule has 0 radical (unpaired) electrons. The Labute approximate surface area is 132 Å². The lowest BCUT2D eigenvalue weighted by Gasteiger charge is -2.29. The van der Waals surface area contributed by atoms with Gasteiger partial charge in [0.25, 0.3) is 0 Å². The maximum absolute atomic E-state index is 6.45. The van der Waals surface area contributed by atoms with Crippen molar-refractivity contribution in [2.24, 2.45) is 5.92 Å². The highest BCUT2D eigenvalue weighted by Crippen LogP contribution is 2.44. The summed E-state index contributed by atoms with van der Waals surface area (Å²) in [5, 5.41) is 1.26. The van der Waals surface area contributed by atoms with Crippen molar-refractivity contribution < 1.29 is 4.74 Å². The van der Waals surface area contributed by atoms with Gasteiger partial charge in [-0.15, -0.1) is 0 Å². The van der Waals surface area contributed by atoms with E-state index in [4.69, 9.17) is 27.9 Å². The molecule has 1 aromatic carbocycles. The number of benzene rings is 1. The molecule has 1 aliphatic carbocycles. The van der Waals surface area contributed by atoms with E-state index in [1.165, 1.54) is 44.1 Å². The predicted octanol–water partition coefficient (Wildman–Crippen LogP) is 6.47. The Morgan fingerprint density at radius 1 is 1.05 bits per heavy atom. The molecule has 0 N–H and O–H groups in total. The van der Waals surface area contributed by atoms with Crippen molar-refractivity contribution in [3.63, 3.8) is 0 Å². The van der Waals surface area contributed by atoms with Crippen LogP contribution >= 0.6 is 23.2 Å². The van der Waals surface area contributed by atoms with Gasteiger partial charge in [-0.1, -0.05) is 49.0 Å². The minimum atomic E-state index is 0.559. The van der Waals surface area contributed by atoms with E-state index in [9.17, 15) is 0 Å². The highest BCUT2D eigenvalue weighted by Gasteiger charge is 2.24. The van der Waals surface area contributed by atoms with E-state index in [0.717, 1.165) is 5.92 Å². The largest absolute Gasteiger partial charge is 0.492 e. The Hall–Kier alpha value is -0.400. The van der Waals surface area contributed by atoms with Gasteiger partial charge in [0.1, 0.15) is 10.8 Å². The van der Waals surface area contributed by atoms with E-state index in [-0.39, 0.29) is 0 Å². The van der Waals surface area contributed by atoms with Crippen LogP contribution in [0, 0.1) is 5.92 Å². The van der Waals surface area contributed by atoms with E-state index in [2.05, 4.69) is 13.0 Å². The molecule has 1 aliphatic rings. The molecular weight excluding hydrogens is 291 g/mol. The van der Waals surface area contributed by atoms with Gasteiger partial charge in [0.15, 0.2) is 0 Å². The van der Waals surface area contributed by atoms with Crippen LogP contribution in [0.1, 0.15) is 63.9 Å². The highest BCUT2D eigenvalue weighted by molar-refractivity contribution is 6.43. The third-order valence-electron chi connectivity index (χ3n) is 4.36. The van der Waals surface area contributed by atoms with E-state index in [1.807, 2.05) is 13.0 Å².